The first-order chi connectivity index (χ1) is 7.93. The molecule has 0 amide bonds. The van der Waals surface area contributed by atoms with E-state index in [4.69, 9.17) is 5.73 Å². The summed E-state index contributed by atoms with van der Waals surface area (Å²) >= 11 is 0. The first-order valence-corrected chi connectivity index (χ1v) is 6.60. The van der Waals surface area contributed by atoms with Gasteiger partial charge in [-0.15, -0.1) is 0 Å². The van der Waals surface area contributed by atoms with E-state index in [9.17, 15) is 13.2 Å². The van der Waals surface area contributed by atoms with E-state index in [0.29, 0.717) is 11.4 Å². The molecule has 0 spiro atoms. The third kappa shape index (κ3) is 4.73. The summed E-state index contributed by atoms with van der Waals surface area (Å²) in [5, 5.41) is 0. The summed E-state index contributed by atoms with van der Waals surface area (Å²) in [6.07, 6.45) is 0. The summed E-state index contributed by atoms with van der Waals surface area (Å²) in [6, 6.07) is 6.14. The monoisotopic (exact) mass is 258 g/mol. The Bertz CT molecular complexity index is 482. The number of anilines is 2. The average Bonchev–Trinajstić information content (AvgIpc) is 2.20. The first-order valence-electron chi connectivity index (χ1n) is 4.94. The Hall–Kier alpha value is -1.76. The van der Waals surface area contributed by atoms with Crippen molar-refractivity contribution in [3.63, 3.8) is 0 Å². The molecule has 1 aromatic rings. The summed E-state index contributed by atoms with van der Waals surface area (Å²) in [6.45, 7) is 1.76. The van der Waals surface area contributed by atoms with Crippen LogP contribution in [0.5, 0.6) is 0 Å². The lowest BCUT2D eigenvalue weighted by atomic mass is 10.3. The Morgan fingerprint density at radius 2 is 1.94 bits per heavy atom. The van der Waals surface area contributed by atoms with Crippen molar-refractivity contribution in [3.8, 4) is 0 Å². The molecule has 0 bridgehead atoms. The second-order valence-electron chi connectivity index (χ2n) is 3.29. The summed E-state index contributed by atoms with van der Waals surface area (Å²) in [5.74, 6) is -1.49. The van der Waals surface area contributed by atoms with E-state index < -0.39 is 21.7 Å². The Kier molecular flexibility index (Phi) is 4.33. The van der Waals surface area contributed by atoms with Crippen LogP contribution in [0.2, 0.25) is 0 Å². The van der Waals surface area contributed by atoms with Crippen LogP contribution in [0.25, 0.3) is 0 Å². The van der Waals surface area contributed by atoms with Gasteiger partial charge in [0.15, 0.2) is 5.75 Å². The van der Waals surface area contributed by atoms with Gasteiger partial charge in [-0.05, 0) is 31.2 Å². The normalized spacial score (nSPS) is 10.9. The van der Waals surface area contributed by atoms with Gasteiger partial charge in [0.05, 0.1) is 6.61 Å². The predicted octanol–water partition coefficient (Wildman–Crippen LogP) is 0.574. The minimum absolute atomic E-state index is 0.149. The molecule has 0 aliphatic carbocycles. The molecule has 7 heteroatoms. The van der Waals surface area contributed by atoms with E-state index in [2.05, 4.69) is 9.46 Å². The highest BCUT2D eigenvalue weighted by Gasteiger charge is 2.17. The lowest BCUT2D eigenvalue weighted by Gasteiger charge is -2.07. The second kappa shape index (κ2) is 5.53. The smallest absolute Gasteiger partial charge is 0.323 e. The highest BCUT2D eigenvalue weighted by molar-refractivity contribution is 7.93. The van der Waals surface area contributed by atoms with Gasteiger partial charge in [0.25, 0.3) is 0 Å². The molecule has 0 unspecified atom stereocenters. The standard InChI is InChI=1S/C10H14N2O4S/c1-2-16-10(13)7-17(14,15)12-9-5-3-8(11)4-6-9/h3-6,12H,2,7,11H2,1H3. The minimum atomic E-state index is -3.73. The van der Waals surface area contributed by atoms with Crippen LogP contribution in [0.1, 0.15) is 6.92 Å². The molecule has 0 radical (unpaired) electrons. The molecule has 0 fully saturated rings. The van der Waals surface area contributed by atoms with Crippen molar-refractivity contribution >= 4 is 27.4 Å². The molecule has 1 aromatic carbocycles. The van der Waals surface area contributed by atoms with Crippen molar-refractivity contribution in [1.29, 1.82) is 0 Å². The van der Waals surface area contributed by atoms with Gasteiger partial charge in [-0.3, -0.25) is 9.52 Å². The topological polar surface area (TPSA) is 98.5 Å². The van der Waals surface area contributed by atoms with Crippen LogP contribution in [0, 0.1) is 0 Å². The Labute approximate surface area is 99.8 Å². The molecule has 17 heavy (non-hydrogen) atoms. The van der Waals surface area contributed by atoms with Gasteiger partial charge < -0.3 is 10.5 Å². The van der Waals surface area contributed by atoms with Gasteiger partial charge in [-0.25, -0.2) is 8.42 Å². The number of benzene rings is 1. The van der Waals surface area contributed by atoms with E-state index in [-0.39, 0.29) is 6.61 Å². The van der Waals surface area contributed by atoms with Crippen LogP contribution in [-0.4, -0.2) is 26.7 Å². The number of sulfonamides is 1. The SMILES string of the molecule is CCOC(=O)CS(=O)(=O)Nc1ccc(N)cc1. The van der Waals surface area contributed by atoms with Gasteiger partial charge in [-0.1, -0.05) is 0 Å². The fraction of sp³-hybridized carbons (Fsp3) is 0.300. The van der Waals surface area contributed by atoms with Crippen LogP contribution in [0.15, 0.2) is 24.3 Å². The van der Waals surface area contributed by atoms with Crippen LogP contribution >= 0.6 is 0 Å². The largest absolute Gasteiger partial charge is 0.465 e. The third-order valence-corrected chi connectivity index (χ3v) is 2.96. The molecule has 0 aliphatic rings. The summed E-state index contributed by atoms with van der Waals surface area (Å²) in [7, 11) is -3.73. The molecule has 1 rings (SSSR count). The number of ether oxygens (including phenoxy) is 1. The van der Waals surface area contributed by atoms with Gasteiger partial charge >= 0.3 is 5.97 Å². The summed E-state index contributed by atoms with van der Waals surface area (Å²) in [4.78, 5) is 11.0. The lowest BCUT2D eigenvalue weighted by Crippen LogP contribution is -2.24. The van der Waals surface area contributed by atoms with Crippen LogP contribution in [0.3, 0.4) is 0 Å². The van der Waals surface area contributed by atoms with Crippen molar-refractivity contribution in [2.24, 2.45) is 0 Å². The number of nitrogens with one attached hydrogen (secondary N) is 1. The van der Waals surface area contributed by atoms with E-state index in [1.807, 2.05) is 0 Å². The maximum atomic E-state index is 11.5. The van der Waals surface area contributed by atoms with Gasteiger partial charge in [-0.2, -0.15) is 0 Å². The molecule has 0 saturated heterocycles. The Morgan fingerprint density at radius 3 is 2.47 bits per heavy atom. The molecule has 94 valence electrons. The van der Waals surface area contributed by atoms with Gasteiger partial charge in [0.2, 0.25) is 10.0 Å². The first kappa shape index (κ1) is 13.3. The highest BCUT2D eigenvalue weighted by atomic mass is 32.2. The second-order valence-corrected chi connectivity index (χ2v) is 5.01. The van der Waals surface area contributed by atoms with Crippen LogP contribution < -0.4 is 10.5 Å². The Morgan fingerprint density at radius 1 is 1.35 bits per heavy atom. The molecule has 6 nitrogen and oxygen atoms in total. The van der Waals surface area contributed by atoms with E-state index in [1.54, 1.807) is 19.1 Å². The predicted molar refractivity (Wildman–Crippen MR) is 64.9 cm³/mol. The van der Waals surface area contributed by atoms with Crippen LogP contribution in [0.4, 0.5) is 11.4 Å². The van der Waals surface area contributed by atoms with E-state index >= 15 is 0 Å². The lowest BCUT2D eigenvalue weighted by molar-refractivity contribution is -0.139. The number of carbonyl (C=O) groups excluding carboxylic acids is 1. The average molecular weight is 258 g/mol. The molecule has 0 heterocycles. The number of carbonyl (C=O) groups is 1. The number of esters is 1. The molecule has 3 N–H and O–H groups in total. The molecular weight excluding hydrogens is 244 g/mol. The van der Waals surface area contributed by atoms with E-state index in [1.165, 1.54) is 12.1 Å². The molecule has 0 saturated carbocycles. The van der Waals surface area contributed by atoms with E-state index in [0.717, 1.165) is 0 Å². The number of hydrogen-bond donors (Lipinski definition) is 2. The van der Waals surface area contributed by atoms with Gasteiger partial charge in [0.1, 0.15) is 0 Å². The summed E-state index contributed by atoms with van der Waals surface area (Å²) in [5.41, 5.74) is 6.34. The fourth-order valence-electron chi connectivity index (χ4n) is 1.12. The third-order valence-electron chi connectivity index (χ3n) is 1.80. The Balaban J connectivity index is 2.66. The fourth-order valence-corrected chi connectivity index (χ4v) is 2.09. The van der Waals surface area contributed by atoms with Crippen LogP contribution in [-0.2, 0) is 19.6 Å². The van der Waals surface area contributed by atoms with Crippen molar-refractivity contribution in [1.82, 2.24) is 0 Å². The molecule has 0 aliphatic heterocycles. The molecule has 0 aromatic heterocycles. The summed E-state index contributed by atoms with van der Waals surface area (Å²) < 4.78 is 29.9. The van der Waals surface area contributed by atoms with Crippen molar-refractivity contribution < 1.29 is 17.9 Å². The molecule has 0 atom stereocenters. The number of rotatable bonds is 5. The number of nitrogen functional groups attached to an aromatic ring is 1. The number of hydrogen-bond acceptors (Lipinski definition) is 5. The zero-order valence-corrected chi connectivity index (χ0v) is 10.2. The zero-order chi connectivity index (χ0) is 12.9. The highest BCUT2D eigenvalue weighted by Crippen LogP contribution is 2.12. The molecular formula is C10H14N2O4S. The van der Waals surface area contributed by atoms with Crippen molar-refractivity contribution in [3.05, 3.63) is 24.3 Å². The minimum Gasteiger partial charge on any atom is -0.465 e. The van der Waals surface area contributed by atoms with Crippen molar-refractivity contribution in [2.45, 2.75) is 6.92 Å². The quantitative estimate of drug-likeness (QED) is 0.594. The zero-order valence-electron chi connectivity index (χ0n) is 9.34. The maximum absolute atomic E-state index is 11.5. The number of nitrogens with two attached hydrogens (primary N) is 1. The van der Waals surface area contributed by atoms with Gasteiger partial charge in [0, 0.05) is 11.4 Å². The maximum Gasteiger partial charge on any atom is 0.323 e. The van der Waals surface area contributed by atoms with Crippen molar-refractivity contribution in [2.75, 3.05) is 22.8 Å².